The van der Waals surface area contributed by atoms with Gasteiger partial charge in [0.15, 0.2) is 12.4 Å². The van der Waals surface area contributed by atoms with Crippen molar-refractivity contribution in [3.05, 3.63) is 11.4 Å². The minimum Gasteiger partial charge on any atom is -0.480 e. The first-order valence-corrected chi connectivity index (χ1v) is 5.66. The van der Waals surface area contributed by atoms with Crippen LogP contribution in [0.3, 0.4) is 0 Å². The molecule has 96 valence electrons. The largest absolute Gasteiger partial charge is 0.480 e. The Morgan fingerprint density at radius 2 is 2.24 bits per heavy atom. The first kappa shape index (κ1) is 13.5. The van der Waals surface area contributed by atoms with Gasteiger partial charge in [-0.25, -0.2) is 0 Å². The molecule has 0 saturated carbocycles. The van der Waals surface area contributed by atoms with Crippen LogP contribution in [-0.2, 0) is 11.8 Å². The van der Waals surface area contributed by atoms with E-state index in [1.165, 1.54) is 0 Å². The summed E-state index contributed by atoms with van der Waals surface area (Å²) in [5.41, 5.74) is 7.03. The van der Waals surface area contributed by atoms with Crippen LogP contribution in [0.4, 0.5) is 0 Å². The Kier molecular flexibility index (Phi) is 4.96. The topological polar surface area (TPSA) is 82.2 Å². The molecule has 0 saturated heterocycles. The van der Waals surface area contributed by atoms with Crippen molar-refractivity contribution in [1.29, 1.82) is 0 Å². The van der Waals surface area contributed by atoms with Gasteiger partial charge in [-0.3, -0.25) is 9.48 Å². The van der Waals surface area contributed by atoms with Crippen molar-refractivity contribution in [2.75, 3.05) is 19.7 Å². The molecule has 0 aliphatic carbocycles. The van der Waals surface area contributed by atoms with Crippen molar-refractivity contribution >= 4 is 5.91 Å². The maximum absolute atomic E-state index is 11.4. The number of aromatic nitrogens is 2. The van der Waals surface area contributed by atoms with E-state index in [0.717, 1.165) is 17.8 Å². The van der Waals surface area contributed by atoms with Gasteiger partial charge in [-0.05, 0) is 26.8 Å². The highest BCUT2D eigenvalue weighted by molar-refractivity contribution is 5.77. The maximum Gasteiger partial charge on any atom is 0.257 e. The molecule has 17 heavy (non-hydrogen) atoms. The van der Waals surface area contributed by atoms with Crippen LogP contribution in [0.1, 0.15) is 17.8 Å². The summed E-state index contributed by atoms with van der Waals surface area (Å²) in [4.78, 5) is 11.4. The highest BCUT2D eigenvalue weighted by atomic mass is 16.5. The van der Waals surface area contributed by atoms with Gasteiger partial charge in [-0.15, -0.1) is 0 Å². The summed E-state index contributed by atoms with van der Waals surface area (Å²) in [6, 6.07) is 0. The van der Waals surface area contributed by atoms with Crippen LogP contribution >= 0.6 is 0 Å². The third-order valence-corrected chi connectivity index (χ3v) is 2.49. The summed E-state index contributed by atoms with van der Waals surface area (Å²) in [6.45, 7) is 4.93. The molecule has 1 heterocycles. The second-order valence-electron chi connectivity index (χ2n) is 3.90. The summed E-state index contributed by atoms with van der Waals surface area (Å²) in [6.07, 6.45) is 0.774. The number of hydrogen-bond acceptors (Lipinski definition) is 4. The summed E-state index contributed by atoms with van der Waals surface area (Å²) in [7, 11) is 1.84. The number of aryl methyl sites for hydroxylation is 2. The molecule has 0 aliphatic heterocycles. The lowest BCUT2D eigenvalue weighted by Gasteiger charge is -2.07. The molecule has 6 heteroatoms. The number of carbonyl (C=O) groups is 1. The molecular formula is C11H20N4O2. The second kappa shape index (κ2) is 6.24. The molecule has 0 fully saturated rings. The Bertz CT molecular complexity index is 387. The van der Waals surface area contributed by atoms with Crippen LogP contribution in [0.15, 0.2) is 0 Å². The molecular weight excluding hydrogens is 220 g/mol. The number of ether oxygens (including phenoxy) is 1. The van der Waals surface area contributed by atoms with Crippen molar-refractivity contribution in [1.82, 2.24) is 15.1 Å². The van der Waals surface area contributed by atoms with E-state index in [2.05, 4.69) is 10.4 Å². The minimum absolute atomic E-state index is 0.0118. The molecule has 6 nitrogen and oxygen atoms in total. The Morgan fingerprint density at radius 1 is 1.53 bits per heavy atom. The van der Waals surface area contributed by atoms with Crippen LogP contribution in [0.25, 0.3) is 0 Å². The molecule has 1 aromatic rings. The summed E-state index contributed by atoms with van der Waals surface area (Å²) < 4.78 is 7.19. The monoisotopic (exact) mass is 240 g/mol. The smallest absolute Gasteiger partial charge is 0.257 e. The second-order valence-corrected chi connectivity index (χ2v) is 3.90. The quantitative estimate of drug-likeness (QED) is 0.679. The molecule has 3 N–H and O–H groups in total. The SMILES string of the molecule is Cc1nn(C)c(C)c1OCC(=O)NCCCN. The Balaban J connectivity index is 2.42. The fourth-order valence-electron chi connectivity index (χ4n) is 1.48. The Hall–Kier alpha value is -1.56. The lowest BCUT2D eigenvalue weighted by Crippen LogP contribution is -2.30. The number of rotatable bonds is 6. The van der Waals surface area contributed by atoms with E-state index in [4.69, 9.17) is 10.5 Å². The first-order valence-electron chi connectivity index (χ1n) is 5.66. The van der Waals surface area contributed by atoms with Crippen LogP contribution in [0.2, 0.25) is 0 Å². The van der Waals surface area contributed by atoms with Crippen molar-refractivity contribution in [3.8, 4) is 5.75 Å². The van der Waals surface area contributed by atoms with Crippen LogP contribution < -0.4 is 15.8 Å². The molecule has 1 amide bonds. The van der Waals surface area contributed by atoms with Gasteiger partial charge in [-0.1, -0.05) is 0 Å². The number of amides is 1. The first-order chi connectivity index (χ1) is 8.06. The van der Waals surface area contributed by atoms with Crippen LogP contribution in [0.5, 0.6) is 5.75 Å². The van der Waals surface area contributed by atoms with Gasteiger partial charge in [-0.2, -0.15) is 5.10 Å². The van der Waals surface area contributed by atoms with Crippen molar-refractivity contribution in [3.63, 3.8) is 0 Å². The maximum atomic E-state index is 11.4. The van der Waals surface area contributed by atoms with Gasteiger partial charge in [0, 0.05) is 13.6 Å². The average molecular weight is 240 g/mol. The number of nitrogens with zero attached hydrogens (tertiary/aromatic N) is 2. The molecule has 0 aliphatic rings. The molecule has 0 aromatic carbocycles. The van der Waals surface area contributed by atoms with Gasteiger partial charge < -0.3 is 15.8 Å². The van der Waals surface area contributed by atoms with Gasteiger partial charge in [0.2, 0.25) is 0 Å². The van der Waals surface area contributed by atoms with E-state index in [0.29, 0.717) is 18.8 Å². The van der Waals surface area contributed by atoms with Crippen molar-refractivity contribution in [2.45, 2.75) is 20.3 Å². The van der Waals surface area contributed by atoms with E-state index in [-0.39, 0.29) is 12.5 Å². The third-order valence-electron chi connectivity index (χ3n) is 2.49. The fourth-order valence-corrected chi connectivity index (χ4v) is 1.48. The van der Waals surface area contributed by atoms with Crippen molar-refractivity contribution < 1.29 is 9.53 Å². The standard InChI is InChI=1S/C11H20N4O2/c1-8-11(9(2)15(3)14-8)17-7-10(16)13-6-4-5-12/h4-7,12H2,1-3H3,(H,13,16). The lowest BCUT2D eigenvalue weighted by molar-refractivity contribution is -0.123. The van der Waals surface area contributed by atoms with Crippen molar-refractivity contribution in [2.24, 2.45) is 12.8 Å². The zero-order chi connectivity index (χ0) is 12.8. The lowest BCUT2D eigenvalue weighted by atomic mass is 10.3. The Morgan fingerprint density at radius 3 is 2.76 bits per heavy atom. The zero-order valence-corrected chi connectivity index (χ0v) is 10.6. The normalized spacial score (nSPS) is 10.4. The minimum atomic E-state index is -0.138. The predicted molar refractivity (Wildman–Crippen MR) is 64.9 cm³/mol. The van der Waals surface area contributed by atoms with E-state index >= 15 is 0 Å². The molecule has 0 spiro atoms. The molecule has 0 unspecified atom stereocenters. The van der Waals surface area contributed by atoms with Gasteiger partial charge in [0.25, 0.3) is 5.91 Å². The molecule has 1 aromatic heterocycles. The highest BCUT2D eigenvalue weighted by Gasteiger charge is 2.12. The van der Waals surface area contributed by atoms with E-state index < -0.39 is 0 Å². The molecule has 1 rings (SSSR count). The van der Waals surface area contributed by atoms with Gasteiger partial charge in [0.05, 0.1) is 5.69 Å². The molecule has 0 atom stereocenters. The van der Waals surface area contributed by atoms with Gasteiger partial charge >= 0.3 is 0 Å². The zero-order valence-electron chi connectivity index (χ0n) is 10.6. The van der Waals surface area contributed by atoms with Gasteiger partial charge in [0.1, 0.15) is 5.69 Å². The third kappa shape index (κ3) is 3.74. The summed E-state index contributed by atoms with van der Waals surface area (Å²) in [5, 5.41) is 6.94. The molecule has 0 bridgehead atoms. The number of carbonyl (C=O) groups excluding carboxylic acids is 1. The van der Waals surface area contributed by atoms with Crippen LogP contribution in [0, 0.1) is 13.8 Å². The number of hydrogen-bond donors (Lipinski definition) is 2. The fraction of sp³-hybridized carbons (Fsp3) is 0.636. The summed E-state index contributed by atoms with van der Waals surface area (Å²) in [5.74, 6) is 0.544. The molecule has 0 radical (unpaired) electrons. The highest BCUT2D eigenvalue weighted by Crippen LogP contribution is 2.20. The Labute approximate surface area is 101 Å². The van der Waals surface area contributed by atoms with E-state index in [9.17, 15) is 4.79 Å². The predicted octanol–water partition coefficient (Wildman–Crippen LogP) is -0.119. The number of nitrogens with one attached hydrogen (secondary N) is 1. The average Bonchev–Trinajstić information content (AvgIpc) is 2.51. The number of nitrogens with two attached hydrogens (primary N) is 1. The van der Waals surface area contributed by atoms with E-state index in [1.54, 1.807) is 4.68 Å². The summed E-state index contributed by atoms with van der Waals surface area (Å²) >= 11 is 0. The van der Waals surface area contributed by atoms with Crippen LogP contribution in [-0.4, -0.2) is 35.4 Å². The van der Waals surface area contributed by atoms with E-state index in [1.807, 2.05) is 20.9 Å².